The highest BCUT2D eigenvalue weighted by Crippen LogP contribution is 2.26. The molecule has 2 aromatic heterocycles. The van der Waals surface area contributed by atoms with Crippen LogP contribution < -0.4 is 0 Å². The van der Waals surface area contributed by atoms with Crippen molar-refractivity contribution in [3.8, 4) is 5.95 Å². The summed E-state index contributed by atoms with van der Waals surface area (Å²) in [5.74, 6) is 1.21. The van der Waals surface area contributed by atoms with Gasteiger partial charge in [0.1, 0.15) is 0 Å². The monoisotopic (exact) mass is 266 g/mol. The number of imidazole rings is 1. The lowest BCUT2D eigenvalue weighted by atomic mass is 9.88. The molecule has 0 unspecified atom stereocenters. The van der Waals surface area contributed by atoms with Crippen molar-refractivity contribution < 1.29 is 4.79 Å². The SMILES string of the molecule is C[C@@H]1CC(=O)c2cnn(-c3nc4ccccc4[nH]3)c2C1. The zero-order chi connectivity index (χ0) is 13.7. The van der Waals surface area contributed by atoms with Crippen molar-refractivity contribution in [1.29, 1.82) is 0 Å². The largest absolute Gasteiger partial charge is 0.322 e. The number of carbonyl (C=O) groups is 1. The number of benzene rings is 1. The van der Waals surface area contributed by atoms with Crippen molar-refractivity contribution in [3.63, 3.8) is 0 Å². The molecule has 1 N–H and O–H groups in total. The highest BCUT2D eigenvalue weighted by Gasteiger charge is 2.27. The first kappa shape index (κ1) is 11.4. The zero-order valence-corrected chi connectivity index (χ0v) is 11.1. The van der Waals surface area contributed by atoms with Gasteiger partial charge in [0.2, 0.25) is 5.95 Å². The number of aromatic nitrogens is 4. The molecule has 20 heavy (non-hydrogen) atoms. The summed E-state index contributed by atoms with van der Waals surface area (Å²) >= 11 is 0. The fourth-order valence-corrected chi connectivity index (χ4v) is 2.85. The highest BCUT2D eigenvalue weighted by molar-refractivity contribution is 5.98. The minimum absolute atomic E-state index is 0.182. The van der Waals surface area contributed by atoms with Crippen molar-refractivity contribution in [2.75, 3.05) is 0 Å². The first-order chi connectivity index (χ1) is 9.72. The summed E-state index contributed by atoms with van der Waals surface area (Å²) in [6.45, 7) is 2.09. The zero-order valence-electron chi connectivity index (χ0n) is 11.1. The number of fused-ring (bicyclic) bond motifs is 2. The molecule has 2 heterocycles. The van der Waals surface area contributed by atoms with Crippen LogP contribution in [0.1, 0.15) is 29.4 Å². The number of nitrogens with zero attached hydrogens (tertiary/aromatic N) is 3. The Morgan fingerprint density at radius 1 is 1.30 bits per heavy atom. The number of para-hydroxylation sites is 2. The second kappa shape index (κ2) is 4.03. The van der Waals surface area contributed by atoms with Gasteiger partial charge in [0.15, 0.2) is 5.78 Å². The molecule has 1 aliphatic carbocycles. The number of ketones is 1. The van der Waals surface area contributed by atoms with Gasteiger partial charge in [-0.25, -0.2) is 9.67 Å². The van der Waals surface area contributed by atoms with E-state index in [2.05, 4.69) is 22.0 Å². The van der Waals surface area contributed by atoms with Crippen molar-refractivity contribution in [3.05, 3.63) is 41.7 Å². The Balaban J connectivity index is 1.89. The molecule has 1 aromatic carbocycles. The third kappa shape index (κ3) is 1.59. The maximum atomic E-state index is 12.0. The minimum atomic E-state index is 0.182. The van der Waals surface area contributed by atoms with Gasteiger partial charge >= 0.3 is 0 Å². The lowest BCUT2D eigenvalue weighted by Gasteiger charge is -2.17. The number of H-pyrrole nitrogens is 1. The van der Waals surface area contributed by atoms with Crippen molar-refractivity contribution in [2.45, 2.75) is 19.8 Å². The lowest BCUT2D eigenvalue weighted by Crippen LogP contribution is -2.19. The van der Waals surface area contributed by atoms with Crippen molar-refractivity contribution in [2.24, 2.45) is 5.92 Å². The number of rotatable bonds is 1. The van der Waals surface area contributed by atoms with Gasteiger partial charge < -0.3 is 4.98 Å². The Hall–Kier alpha value is -2.43. The van der Waals surface area contributed by atoms with Crippen LogP contribution in [0, 0.1) is 5.92 Å². The Kier molecular flexibility index (Phi) is 2.30. The standard InChI is InChI=1S/C15H14N4O/c1-9-6-13-10(14(20)7-9)8-16-19(13)15-17-11-4-2-3-5-12(11)18-15/h2-5,8-9H,6-7H2,1H3,(H,17,18)/t9-/m0/s1. The number of aromatic amines is 1. The molecular weight excluding hydrogens is 252 g/mol. The summed E-state index contributed by atoms with van der Waals surface area (Å²) in [5.41, 5.74) is 3.58. The Labute approximate surface area is 115 Å². The number of nitrogens with one attached hydrogen (secondary N) is 1. The van der Waals surface area contributed by atoms with E-state index >= 15 is 0 Å². The molecule has 100 valence electrons. The summed E-state index contributed by atoms with van der Waals surface area (Å²) in [4.78, 5) is 19.8. The molecule has 4 rings (SSSR count). The van der Waals surface area contributed by atoms with E-state index in [1.165, 1.54) is 0 Å². The molecule has 0 saturated heterocycles. The first-order valence-electron chi connectivity index (χ1n) is 6.77. The Morgan fingerprint density at radius 3 is 3.00 bits per heavy atom. The van der Waals surface area contributed by atoms with Crippen LogP contribution in [-0.2, 0) is 6.42 Å². The Bertz CT molecular complexity index is 781. The van der Waals surface area contributed by atoms with Crippen LogP contribution >= 0.6 is 0 Å². The quantitative estimate of drug-likeness (QED) is 0.736. The van der Waals surface area contributed by atoms with Crippen LogP contribution in [-0.4, -0.2) is 25.5 Å². The van der Waals surface area contributed by atoms with Crippen molar-refractivity contribution in [1.82, 2.24) is 19.7 Å². The molecule has 0 bridgehead atoms. The van der Waals surface area contributed by atoms with Gasteiger partial charge in [-0.15, -0.1) is 0 Å². The van der Waals surface area contributed by atoms with Gasteiger partial charge in [-0.05, 0) is 24.5 Å². The summed E-state index contributed by atoms with van der Waals surface area (Å²) in [6.07, 6.45) is 3.13. The molecule has 0 fully saturated rings. The van der Waals surface area contributed by atoms with E-state index in [9.17, 15) is 4.79 Å². The van der Waals surface area contributed by atoms with Crippen LogP contribution in [0.25, 0.3) is 17.0 Å². The molecule has 0 spiro atoms. The first-order valence-corrected chi connectivity index (χ1v) is 6.77. The van der Waals surface area contributed by atoms with E-state index < -0.39 is 0 Å². The second-order valence-corrected chi connectivity index (χ2v) is 5.43. The fourth-order valence-electron chi connectivity index (χ4n) is 2.85. The number of hydrogen-bond donors (Lipinski definition) is 1. The lowest BCUT2D eigenvalue weighted by molar-refractivity contribution is 0.0952. The summed E-state index contributed by atoms with van der Waals surface area (Å²) in [5, 5.41) is 4.35. The maximum absolute atomic E-state index is 12.0. The fraction of sp³-hybridized carbons (Fsp3) is 0.267. The molecule has 0 saturated carbocycles. The molecule has 0 aliphatic heterocycles. The van der Waals surface area contributed by atoms with Gasteiger partial charge in [-0.1, -0.05) is 19.1 Å². The smallest absolute Gasteiger partial charge is 0.229 e. The molecule has 5 nitrogen and oxygen atoms in total. The van der Waals surface area contributed by atoms with E-state index in [1.54, 1.807) is 10.9 Å². The molecule has 1 atom stereocenters. The average molecular weight is 266 g/mol. The number of hydrogen-bond acceptors (Lipinski definition) is 3. The molecule has 5 heteroatoms. The van der Waals surface area contributed by atoms with Crippen LogP contribution in [0.2, 0.25) is 0 Å². The Morgan fingerprint density at radius 2 is 2.15 bits per heavy atom. The van der Waals surface area contributed by atoms with E-state index in [-0.39, 0.29) is 5.78 Å². The van der Waals surface area contributed by atoms with Gasteiger partial charge in [-0.2, -0.15) is 5.10 Å². The van der Waals surface area contributed by atoms with Gasteiger partial charge in [0.25, 0.3) is 0 Å². The molecule has 0 radical (unpaired) electrons. The third-order valence-electron chi connectivity index (χ3n) is 3.82. The van der Waals surface area contributed by atoms with Crippen LogP contribution in [0.4, 0.5) is 0 Å². The minimum Gasteiger partial charge on any atom is -0.322 e. The molecule has 3 aromatic rings. The van der Waals surface area contributed by atoms with E-state index in [4.69, 9.17) is 0 Å². The van der Waals surface area contributed by atoms with E-state index in [0.717, 1.165) is 28.7 Å². The number of carbonyl (C=O) groups excluding carboxylic acids is 1. The normalized spacial score (nSPS) is 18.4. The molecule has 1 aliphatic rings. The summed E-state index contributed by atoms with van der Waals surface area (Å²) in [7, 11) is 0. The number of Topliss-reactive ketones (excluding diaryl/α,β-unsaturated/α-hetero) is 1. The topological polar surface area (TPSA) is 63.6 Å². The average Bonchev–Trinajstić information content (AvgIpc) is 3.00. The summed E-state index contributed by atoms with van der Waals surface area (Å²) in [6, 6.07) is 7.86. The van der Waals surface area contributed by atoms with E-state index in [0.29, 0.717) is 18.3 Å². The molecule has 0 amide bonds. The van der Waals surface area contributed by atoms with Gasteiger partial charge in [-0.3, -0.25) is 4.79 Å². The van der Waals surface area contributed by atoms with Crippen LogP contribution in [0.15, 0.2) is 30.5 Å². The highest BCUT2D eigenvalue weighted by atomic mass is 16.1. The third-order valence-corrected chi connectivity index (χ3v) is 3.82. The molecular formula is C15H14N4O. The predicted molar refractivity (Wildman–Crippen MR) is 75.0 cm³/mol. The van der Waals surface area contributed by atoms with Crippen LogP contribution in [0.3, 0.4) is 0 Å². The van der Waals surface area contributed by atoms with E-state index in [1.807, 2.05) is 24.3 Å². The van der Waals surface area contributed by atoms with Crippen LogP contribution in [0.5, 0.6) is 0 Å². The summed E-state index contributed by atoms with van der Waals surface area (Å²) < 4.78 is 1.77. The van der Waals surface area contributed by atoms with Gasteiger partial charge in [0.05, 0.1) is 28.5 Å². The van der Waals surface area contributed by atoms with Crippen molar-refractivity contribution >= 4 is 16.8 Å². The maximum Gasteiger partial charge on any atom is 0.229 e. The van der Waals surface area contributed by atoms with Gasteiger partial charge in [0, 0.05) is 6.42 Å². The second-order valence-electron chi connectivity index (χ2n) is 5.43. The predicted octanol–water partition coefficient (Wildman–Crippen LogP) is 2.51.